The van der Waals surface area contributed by atoms with Crippen LogP contribution < -0.4 is 15.0 Å². The Morgan fingerprint density at radius 2 is 1.88 bits per heavy atom. The number of aromatic nitrogens is 1. The summed E-state index contributed by atoms with van der Waals surface area (Å²) >= 11 is 0. The summed E-state index contributed by atoms with van der Waals surface area (Å²) in [5.41, 5.74) is 1.00. The molecule has 1 amide bonds. The number of nitrogens with one attached hydrogen (secondary N) is 1. The predicted octanol–water partition coefficient (Wildman–Crippen LogP) is 2.24. The highest BCUT2D eigenvalue weighted by molar-refractivity contribution is 5.78. The summed E-state index contributed by atoms with van der Waals surface area (Å²) in [7, 11) is 1.66. The number of piperazine rings is 1. The number of ether oxygens (including phenoxy) is 1. The highest BCUT2D eigenvalue weighted by atomic mass is 16.5. The Balaban J connectivity index is 1.19. The number of nitrogens with zero attached hydrogens (tertiary/aromatic N) is 4. The van der Waals surface area contributed by atoms with Crippen molar-refractivity contribution < 1.29 is 9.53 Å². The van der Waals surface area contributed by atoms with E-state index in [1.165, 1.54) is 12.8 Å². The van der Waals surface area contributed by atoms with Gasteiger partial charge in [0, 0.05) is 57.6 Å². The molecule has 1 aromatic carbocycles. The maximum atomic E-state index is 12.5. The lowest BCUT2D eigenvalue weighted by molar-refractivity contribution is -0.122. The van der Waals surface area contributed by atoms with Gasteiger partial charge in [-0.05, 0) is 43.5 Å². The van der Waals surface area contributed by atoms with Crippen LogP contribution in [0.4, 0.5) is 5.82 Å². The molecule has 2 aliphatic heterocycles. The van der Waals surface area contributed by atoms with Crippen LogP contribution in [0.5, 0.6) is 5.75 Å². The number of pyridine rings is 1. The molecule has 0 radical (unpaired) electrons. The van der Waals surface area contributed by atoms with Crippen LogP contribution in [0, 0.1) is 5.92 Å². The van der Waals surface area contributed by atoms with Gasteiger partial charge < -0.3 is 15.0 Å². The standard InChI is InChI=1S/C25H35N5O2/c1-32-23-9-3-2-8-22(23)17-27-25(31)20-29-12-6-7-21(19-29)18-28-13-15-30(16-14-28)24-10-4-5-11-26-24/h2-5,8-11,21H,6-7,12-20H2,1H3,(H,27,31). The van der Waals surface area contributed by atoms with E-state index in [2.05, 4.69) is 37.1 Å². The van der Waals surface area contributed by atoms with Crippen LogP contribution in [0.15, 0.2) is 48.7 Å². The lowest BCUT2D eigenvalue weighted by Gasteiger charge is -2.39. The first-order valence-corrected chi connectivity index (χ1v) is 11.7. The zero-order valence-electron chi connectivity index (χ0n) is 19.1. The number of amides is 1. The van der Waals surface area contributed by atoms with Crippen molar-refractivity contribution in [2.45, 2.75) is 19.4 Å². The van der Waals surface area contributed by atoms with Gasteiger partial charge in [0.2, 0.25) is 5.91 Å². The minimum Gasteiger partial charge on any atom is -0.496 e. The lowest BCUT2D eigenvalue weighted by atomic mass is 9.97. The monoisotopic (exact) mass is 437 g/mol. The van der Waals surface area contributed by atoms with Crippen LogP contribution in [0.3, 0.4) is 0 Å². The number of carbonyl (C=O) groups excluding carboxylic acids is 1. The van der Waals surface area contributed by atoms with Crippen LogP contribution in [0.2, 0.25) is 0 Å². The smallest absolute Gasteiger partial charge is 0.234 e. The Morgan fingerprint density at radius 1 is 1.06 bits per heavy atom. The highest BCUT2D eigenvalue weighted by Gasteiger charge is 2.25. The van der Waals surface area contributed by atoms with E-state index < -0.39 is 0 Å². The van der Waals surface area contributed by atoms with Crippen molar-refractivity contribution in [1.29, 1.82) is 0 Å². The summed E-state index contributed by atoms with van der Waals surface area (Å²) in [4.78, 5) is 24.3. The maximum absolute atomic E-state index is 12.5. The van der Waals surface area contributed by atoms with Gasteiger partial charge in [0.25, 0.3) is 0 Å². The largest absolute Gasteiger partial charge is 0.496 e. The molecular weight excluding hydrogens is 402 g/mol. The Hall–Kier alpha value is -2.64. The average molecular weight is 438 g/mol. The number of benzene rings is 1. The van der Waals surface area contributed by atoms with Crippen molar-refractivity contribution in [1.82, 2.24) is 20.1 Å². The van der Waals surface area contributed by atoms with Gasteiger partial charge in [0.1, 0.15) is 11.6 Å². The van der Waals surface area contributed by atoms with E-state index in [9.17, 15) is 4.79 Å². The summed E-state index contributed by atoms with van der Waals surface area (Å²) in [6.45, 7) is 8.31. The molecule has 0 spiro atoms. The van der Waals surface area contributed by atoms with Crippen LogP contribution in [0.25, 0.3) is 0 Å². The van der Waals surface area contributed by atoms with Gasteiger partial charge >= 0.3 is 0 Å². The number of methoxy groups -OCH3 is 1. The SMILES string of the molecule is COc1ccccc1CNC(=O)CN1CCCC(CN2CCN(c3ccccn3)CC2)C1. The summed E-state index contributed by atoms with van der Waals surface area (Å²) in [5, 5.41) is 3.06. The van der Waals surface area contributed by atoms with Gasteiger partial charge in [-0.1, -0.05) is 24.3 Å². The summed E-state index contributed by atoms with van der Waals surface area (Å²) < 4.78 is 5.37. The van der Waals surface area contributed by atoms with Gasteiger partial charge in [0.15, 0.2) is 0 Å². The minimum atomic E-state index is 0.0838. The fourth-order valence-electron chi connectivity index (χ4n) is 4.81. The van der Waals surface area contributed by atoms with Crippen LogP contribution in [0.1, 0.15) is 18.4 Å². The highest BCUT2D eigenvalue weighted by Crippen LogP contribution is 2.20. The molecule has 2 fully saturated rings. The molecule has 3 heterocycles. The Labute approximate surface area is 191 Å². The Kier molecular flexibility index (Phi) is 7.96. The molecule has 2 aromatic rings. The summed E-state index contributed by atoms with van der Waals surface area (Å²) in [5.74, 6) is 2.61. The van der Waals surface area contributed by atoms with Crippen LogP contribution in [-0.4, -0.2) is 80.2 Å². The van der Waals surface area contributed by atoms with Crippen molar-refractivity contribution in [2.24, 2.45) is 5.92 Å². The topological polar surface area (TPSA) is 60.9 Å². The van der Waals surface area contributed by atoms with Crippen LogP contribution in [-0.2, 0) is 11.3 Å². The van der Waals surface area contributed by atoms with E-state index in [1.807, 2.05) is 36.5 Å². The number of likely N-dealkylation sites (tertiary alicyclic amines) is 1. The fourth-order valence-corrected chi connectivity index (χ4v) is 4.81. The molecule has 4 rings (SSSR count). The number of rotatable bonds is 8. The predicted molar refractivity (Wildman–Crippen MR) is 127 cm³/mol. The van der Waals surface area contributed by atoms with E-state index in [4.69, 9.17) is 4.74 Å². The molecule has 0 bridgehead atoms. The number of piperidine rings is 1. The molecule has 0 saturated carbocycles. The lowest BCUT2D eigenvalue weighted by Crippen LogP contribution is -2.50. The third-order valence-corrected chi connectivity index (χ3v) is 6.50. The first kappa shape index (κ1) is 22.6. The van der Waals surface area contributed by atoms with Gasteiger partial charge in [-0.3, -0.25) is 14.6 Å². The van der Waals surface area contributed by atoms with E-state index in [1.54, 1.807) is 7.11 Å². The molecule has 7 heteroatoms. The van der Waals surface area contributed by atoms with Gasteiger partial charge in [-0.2, -0.15) is 0 Å². The molecule has 2 saturated heterocycles. The van der Waals surface area contributed by atoms with Crippen molar-refractivity contribution >= 4 is 11.7 Å². The van der Waals surface area contributed by atoms with E-state index >= 15 is 0 Å². The normalized spacial score (nSPS) is 20.2. The van der Waals surface area contributed by atoms with Gasteiger partial charge in [-0.25, -0.2) is 4.98 Å². The zero-order chi connectivity index (χ0) is 22.2. The first-order chi connectivity index (χ1) is 15.7. The second-order valence-electron chi connectivity index (χ2n) is 8.81. The van der Waals surface area contributed by atoms with Crippen molar-refractivity contribution in [3.05, 3.63) is 54.2 Å². The minimum absolute atomic E-state index is 0.0838. The number of carbonyl (C=O) groups is 1. The molecule has 2 aliphatic rings. The van der Waals surface area contributed by atoms with E-state index in [0.29, 0.717) is 19.0 Å². The molecule has 32 heavy (non-hydrogen) atoms. The van der Waals surface area contributed by atoms with Crippen molar-refractivity contribution in [2.75, 3.05) is 64.4 Å². The second-order valence-corrected chi connectivity index (χ2v) is 8.81. The quantitative estimate of drug-likeness (QED) is 0.684. The molecule has 1 atom stereocenters. The van der Waals surface area contributed by atoms with Crippen molar-refractivity contribution in [3.8, 4) is 5.75 Å². The van der Waals surface area contributed by atoms with E-state index in [-0.39, 0.29) is 5.91 Å². The molecule has 0 aliphatic carbocycles. The summed E-state index contributed by atoms with van der Waals surface area (Å²) in [6, 6.07) is 13.9. The second kappa shape index (κ2) is 11.3. The van der Waals surface area contributed by atoms with Crippen LogP contribution >= 0.6 is 0 Å². The van der Waals surface area contributed by atoms with E-state index in [0.717, 1.165) is 62.9 Å². The molecular formula is C25H35N5O2. The van der Waals surface area contributed by atoms with Gasteiger partial charge in [-0.15, -0.1) is 0 Å². The Morgan fingerprint density at radius 3 is 2.66 bits per heavy atom. The number of anilines is 1. The number of hydrogen-bond acceptors (Lipinski definition) is 6. The Bertz CT molecular complexity index is 854. The molecule has 172 valence electrons. The molecule has 7 nitrogen and oxygen atoms in total. The summed E-state index contributed by atoms with van der Waals surface area (Å²) in [6.07, 6.45) is 4.28. The molecule has 1 unspecified atom stereocenters. The zero-order valence-corrected chi connectivity index (χ0v) is 19.1. The molecule has 1 N–H and O–H groups in total. The fraction of sp³-hybridized carbons (Fsp3) is 0.520. The van der Waals surface area contributed by atoms with Gasteiger partial charge in [0.05, 0.1) is 13.7 Å². The first-order valence-electron chi connectivity index (χ1n) is 11.7. The average Bonchev–Trinajstić information content (AvgIpc) is 2.84. The van der Waals surface area contributed by atoms with Crippen molar-refractivity contribution in [3.63, 3.8) is 0 Å². The third-order valence-electron chi connectivity index (χ3n) is 6.50. The maximum Gasteiger partial charge on any atom is 0.234 e. The number of hydrogen-bond donors (Lipinski definition) is 1. The number of para-hydroxylation sites is 1. The third kappa shape index (κ3) is 6.20. The molecule has 1 aromatic heterocycles.